The first-order valence-electron chi connectivity index (χ1n) is 6.79. The molecule has 2 N–H and O–H groups in total. The number of benzene rings is 1. The van der Waals surface area contributed by atoms with Crippen LogP contribution in [0.4, 0.5) is 0 Å². The van der Waals surface area contributed by atoms with E-state index in [1.807, 2.05) is 38.2 Å². The van der Waals surface area contributed by atoms with E-state index in [1.165, 1.54) is 0 Å². The van der Waals surface area contributed by atoms with E-state index in [-0.39, 0.29) is 17.9 Å². The van der Waals surface area contributed by atoms with E-state index >= 15 is 0 Å². The molecule has 0 aromatic heterocycles. The van der Waals surface area contributed by atoms with Gasteiger partial charge in [-0.1, -0.05) is 18.2 Å². The largest absolute Gasteiger partial charge is 0.492 e. The standard InChI is InChI=1S/C15H22N2O2/c1-11(16)7-8-17(2)15(18)13-9-12-5-3-4-6-14(12)19-10-13/h3-6,11,13H,7-10,16H2,1-2H3. The summed E-state index contributed by atoms with van der Waals surface area (Å²) in [7, 11) is 1.84. The van der Waals surface area contributed by atoms with Crippen molar-refractivity contribution in [2.24, 2.45) is 11.7 Å². The van der Waals surface area contributed by atoms with Crippen LogP contribution in [0.25, 0.3) is 0 Å². The Kier molecular flexibility index (Phi) is 4.43. The van der Waals surface area contributed by atoms with Crippen molar-refractivity contribution in [1.29, 1.82) is 0 Å². The highest BCUT2D eigenvalue weighted by Crippen LogP contribution is 2.27. The van der Waals surface area contributed by atoms with Crippen LogP contribution in [0.1, 0.15) is 18.9 Å². The molecule has 1 aliphatic heterocycles. The minimum Gasteiger partial charge on any atom is -0.492 e. The van der Waals surface area contributed by atoms with Gasteiger partial charge < -0.3 is 15.4 Å². The van der Waals surface area contributed by atoms with Crippen molar-refractivity contribution in [1.82, 2.24) is 4.90 Å². The molecule has 0 fully saturated rings. The predicted molar refractivity (Wildman–Crippen MR) is 75.0 cm³/mol. The van der Waals surface area contributed by atoms with Gasteiger partial charge in [-0.2, -0.15) is 0 Å². The number of rotatable bonds is 4. The van der Waals surface area contributed by atoms with E-state index in [9.17, 15) is 4.79 Å². The average molecular weight is 262 g/mol. The third-order valence-corrected chi connectivity index (χ3v) is 3.52. The second-order valence-corrected chi connectivity index (χ2v) is 5.35. The maximum Gasteiger partial charge on any atom is 0.229 e. The quantitative estimate of drug-likeness (QED) is 0.893. The molecule has 2 unspecified atom stereocenters. The van der Waals surface area contributed by atoms with E-state index in [2.05, 4.69) is 0 Å². The number of nitrogens with two attached hydrogens (primary N) is 1. The van der Waals surface area contributed by atoms with Crippen molar-refractivity contribution in [3.8, 4) is 5.75 Å². The summed E-state index contributed by atoms with van der Waals surface area (Å²) in [6.07, 6.45) is 1.59. The van der Waals surface area contributed by atoms with Crippen molar-refractivity contribution < 1.29 is 9.53 Å². The van der Waals surface area contributed by atoms with Crippen molar-refractivity contribution in [2.75, 3.05) is 20.2 Å². The summed E-state index contributed by atoms with van der Waals surface area (Å²) in [5.74, 6) is 0.980. The highest BCUT2D eigenvalue weighted by Gasteiger charge is 2.27. The van der Waals surface area contributed by atoms with Gasteiger partial charge in [0, 0.05) is 19.6 Å². The van der Waals surface area contributed by atoms with E-state index in [0.29, 0.717) is 13.2 Å². The molecule has 4 heteroatoms. The van der Waals surface area contributed by atoms with Crippen LogP contribution in [0.3, 0.4) is 0 Å². The summed E-state index contributed by atoms with van der Waals surface area (Å²) >= 11 is 0. The Balaban J connectivity index is 1.95. The van der Waals surface area contributed by atoms with E-state index in [0.717, 1.165) is 24.2 Å². The van der Waals surface area contributed by atoms with E-state index < -0.39 is 0 Å². The zero-order chi connectivity index (χ0) is 13.8. The lowest BCUT2D eigenvalue weighted by atomic mass is 9.95. The number of nitrogens with zero attached hydrogens (tertiary/aromatic N) is 1. The number of carbonyl (C=O) groups is 1. The molecular formula is C15H22N2O2. The van der Waals surface area contributed by atoms with Crippen LogP contribution in [-0.2, 0) is 11.2 Å². The SMILES string of the molecule is CC(N)CCN(C)C(=O)C1COc2ccccc2C1. The van der Waals surface area contributed by atoms with Crippen molar-refractivity contribution in [3.63, 3.8) is 0 Å². The smallest absolute Gasteiger partial charge is 0.229 e. The first kappa shape index (κ1) is 13.9. The molecular weight excluding hydrogens is 240 g/mol. The molecule has 0 radical (unpaired) electrons. The summed E-state index contributed by atoms with van der Waals surface area (Å²) < 4.78 is 5.66. The molecule has 1 heterocycles. The van der Waals surface area contributed by atoms with Crippen LogP contribution in [-0.4, -0.2) is 37.0 Å². The molecule has 1 amide bonds. The van der Waals surface area contributed by atoms with Gasteiger partial charge in [-0.05, 0) is 31.4 Å². The number of carbonyl (C=O) groups excluding carboxylic acids is 1. The summed E-state index contributed by atoms with van der Waals surface area (Å²) in [5, 5.41) is 0. The molecule has 0 saturated heterocycles. The van der Waals surface area contributed by atoms with Crippen LogP contribution in [0.15, 0.2) is 24.3 Å². The molecule has 1 aliphatic rings. The van der Waals surface area contributed by atoms with Gasteiger partial charge in [0.2, 0.25) is 5.91 Å². The number of hydrogen-bond donors (Lipinski definition) is 1. The maximum atomic E-state index is 12.3. The van der Waals surface area contributed by atoms with Crippen molar-refractivity contribution in [3.05, 3.63) is 29.8 Å². The fourth-order valence-electron chi connectivity index (χ4n) is 2.31. The molecule has 0 spiro atoms. The molecule has 0 saturated carbocycles. The fraction of sp³-hybridized carbons (Fsp3) is 0.533. The lowest BCUT2D eigenvalue weighted by Gasteiger charge is -2.28. The highest BCUT2D eigenvalue weighted by molar-refractivity contribution is 5.79. The molecule has 2 atom stereocenters. The third kappa shape index (κ3) is 3.47. The van der Waals surface area contributed by atoms with E-state index in [4.69, 9.17) is 10.5 Å². The zero-order valence-electron chi connectivity index (χ0n) is 11.6. The first-order valence-corrected chi connectivity index (χ1v) is 6.79. The normalized spacial score (nSPS) is 19.2. The Morgan fingerprint density at radius 2 is 2.26 bits per heavy atom. The molecule has 19 heavy (non-hydrogen) atoms. The fourth-order valence-corrected chi connectivity index (χ4v) is 2.31. The van der Waals surface area contributed by atoms with Crippen LogP contribution < -0.4 is 10.5 Å². The Morgan fingerprint density at radius 1 is 1.53 bits per heavy atom. The molecule has 1 aromatic carbocycles. The molecule has 0 aliphatic carbocycles. The lowest BCUT2D eigenvalue weighted by molar-refractivity contribution is -0.135. The van der Waals surface area contributed by atoms with Crippen LogP contribution >= 0.6 is 0 Å². The Hall–Kier alpha value is -1.55. The van der Waals surface area contributed by atoms with Crippen LogP contribution in [0.5, 0.6) is 5.75 Å². The first-order chi connectivity index (χ1) is 9.08. The second kappa shape index (κ2) is 6.06. The Morgan fingerprint density at radius 3 is 3.00 bits per heavy atom. The van der Waals surface area contributed by atoms with E-state index in [1.54, 1.807) is 4.90 Å². The average Bonchev–Trinajstić information content (AvgIpc) is 2.43. The second-order valence-electron chi connectivity index (χ2n) is 5.35. The van der Waals surface area contributed by atoms with Gasteiger partial charge in [0.25, 0.3) is 0 Å². The molecule has 2 rings (SSSR count). The highest BCUT2D eigenvalue weighted by atomic mass is 16.5. The van der Waals surface area contributed by atoms with Crippen LogP contribution in [0.2, 0.25) is 0 Å². The third-order valence-electron chi connectivity index (χ3n) is 3.52. The number of amides is 1. The minimum atomic E-state index is -0.0759. The number of hydrogen-bond acceptors (Lipinski definition) is 3. The van der Waals surface area contributed by atoms with Gasteiger partial charge in [0.1, 0.15) is 12.4 Å². The van der Waals surface area contributed by atoms with Gasteiger partial charge in [-0.25, -0.2) is 0 Å². The van der Waals surface area contributed by atoms with Gasteiger partial charge in [0.15, 0.2) is 0 Å². The number of ether oxygens (including phenoxy) is 1. The van der Waals surface area contributed by atoms with Crippen molar-refractivity contribution >= 4 is 5.91 Å². The molecule has 104 valence electrons. The van der Waals surface area contributed by atoms with Crippen molar-refractivity contribution in [2.45, 2.75) is 25.8 Å². The molecule has 4 nitrogen and oxygen atoms in total. The summed E-state index contributed by atoms with van der Waals surface area (Å²) in [5.41, 5.74) is 6.84. The van der Waals surface area contributed by atoms with Gasteiger partial charge in [0.05, 0.1) is 5.92 Å². The predicted octanol–water partition coefficient (Wildman–Crippen LogP) is 1.43. The van der Waals surface area contributed by atoms with Gasteiger partial charge in [-0.3, -0.25) is 4.79 Å². The minimum absolute atomic E-state index is 0.0759. The topological polar surface area (TPSA) is 55.6 Å². The van der Waals surface area contributed by atoms with Crippen LogP contribution in [0, 0.1) is 5.92 Å². The summed E-state index contributed by atoms with van der Waals surface area (Å²) in [4.78, 5) is 14.1. The summed E-state index contributed by atoms with van der Waals surface area (Å²) in [6.45, 7) is 3.13. The lowest BCUT2D eigenvalue weighted by Crippen LogP contribution is -2.40. The Bertz CT molecular complexity index is 446. The Labute approximate surface area is 114 Å². The monoisotopic (exact) mass is 262 g/mol. The number of para-hydroxylation sites is 1. The molecule has 0 bridgehead atoms. The molecule has 1 aromatic rings. The van der Waals surface area contributed by atoms with Gasteiger partial charge in [-0.15, -0.1) is 0 Å². The number of fused-ring (bicyclic) bond motifs is 1. The maximum absolute atomic E-state index is 12.3. The summed E-state index contributed by atoms with van der Waals surface area (Å²) in [6, 6.07) is 8.04. The zero-order valence-corrected chi connectivity index (χ0v) is 11.6. The van der Waals surface area contributed by atoms with Gasteiger partial charge >= 0.3 is 0 Å².